The highest BCUT2D eigenvalue weighted by Gasteiger charge is 2.32. The third kappa shape index (κ3) is 4.03. The third-order valence-electron chi connectivity index (χ3n) is 4.87. The molecule has 3 rings (SSSR count). The number of anilines is 1. The van der Waals surface area contributed by atoms with Gasteiger partial charge in [0, 0.05) is 23.9 Å². The Balaban J connectivity index is 1.75. The van der Waals surface area contributed by atoms with E-state index in [1.165, 1.54) is 7.11 Å². The van der Waals surface area contributed by atoms with Crippen LogP contribution >= 0.6 is 0 Å². The van der Waals surface area contributed by atoms with Crippen molar-refractivity contribution >= 4 is 17.7 Å². The summed E-state index contributed by atoms with van der Waals surface area (Å²) < 4.78 is 15.5. The molecular weight excluding hydrogens is 360 g/mol. The Bertz CT molecular complexity index is 850. The first-order chi connectivity index (χ1) is 13.6. The zero-order chi connectivity index (χ0) is 20.1. The lowest BCUT2D eigenvalue weighted by molar-refractivity contribution is 0.0600. The van der Waals surface area contributed by atoms with Crippen LogP contribution in [0.15, 0.2) is 42.5 Å². The molecule has 1 aliphatic heterocycles. The lowest BCUT2D eigenvalue weighted by atomic mass is 10.0. The van der Waals surface area contributed by atoms with Gasteiger partial charge in [0.1, 0.15) is 11.5 Å². The maximum atomic E-state index is 12.9. The molecule has 0 aliphatic carbocycles. The predicted molar refractivity (Wildman–Crippen MR) is 105 cm³/mol. The van der Waals surface area contributed by atoms with E-state index < -0.39 is 5.97 Å². The molecule has 2 amide bonds. The maximum absolute atomic E-state index is 12.9. The molecule has 0 aromatic heterocycles. The summed E-state index contributed by atoms with van der Waals surface area (Å²) in [6, 6.07) is 12.0. The molecule has 148 valence electrons. The molecule has 1 heterocycles. The molecule has 0 radical (unpaired) electrons. The SMILES string of the molecule is COC(=O)c1ccc(NC(=O)N2CCC[C@H]2c2ccc(OC)cc2OC)cc1. The Morgan fingerprint density at radius 2 is 1.79 bits per heavy atom. The molecule has 7 heteroatoms. The molecule has 1 aliphatic rings. The number of nitrogens with zero attached hydrogens (tertiary/aromatic N) is 1. The fraction of sp³-hybridized carbons (Fsp3) is 0.333. The van der Waals surface area contributed by atoms with Crippen molar-refractivity contribution in [3.8, 4) is 11.5 Å². The second kappa shape index (κ2) is 8.65. The molecule has 1 atom stereocenters. The average molecular weight is 384 g/mol. The van der Waals surface area contributed by atoms with E-state index in [4.69, 9.17) is 9.47 Å². The van der Waals surface area contributed by atoms with E-state index in [-0.39, 0.29) is 12.1 Å². The van der Waals surface area contributed by atoms with Gasteiger partial charge in [0.15, 0.2) is 0 Å². The van der Waals surface area contributed by atoms with Crippen LogP contribution in [0.25, 0.3) is 0 Å². The third-order valence-corrected chi connectivity index (χ3v) is 4.87. The van der Waals surface area contributed by atoms with E-state index in [1.54, 1.807) is 43.4 Å². The smallest absolute Gasteiger partial charge is 0.337 e. The Hall–Kier alpha value is -3.22. The number of esters is 1. The topological polar surface area (TPSA) is 77.1 Å². The number of methoxy groups -OCH3 is 3. The van der Waals surface area contributed by atoms with Gasteiger partial charge in [-0.1, -0.05) is 0 Å². The molecule has 1 N–H and O–H groups in total. The van der Waals surface area contributed by atoms with Crippen molar-refractivity contribution in [1.82, 2.24) is 4.90 Å². The number of nitrogens with one attached hydrogen (secondary N) is 1. The number of urea groups is 1. The molecule has 28 heavy (non-hydrogen) atoms. The summed E-state index contributed by atoms with van der Waals surface area (Å²) in [5.74, 6) is 0.996. The number of hydrogen-bond donors (Lipinski definition) is 1. The summed E-state index contributed by atoms with van der Waals surface area (Å²) in [5.41, 5.74) is 2.00. The summed E-state index contributed by atoms with van der Waals surface area (Å²) in [7, 11) is 4.55. The minimum atomic E-state index is -0.413. The van der Waals surface area contributed by atoms with Crippen LogP contribution in [0.4, 0.5) is 10.5 Å². The lowest BCUT2D eigenvalue weighted by Crippen LogP contribution is -2.34. The van der Waals surface area contributed by atoms with Crippen molar-refractivity contribution in [2.75, 3.05) is 33.2 Å². The Labute approximate surface area is 164 Å². The van der Waals surface area contributed by atoms with Gasteiger partial charge in [-0.25, -0.2) is 9.59 Å². The summed E-state index contributed by atoms with van der Waals surface area (Å²) in [5, 5.41) is 2.90. The minimum Gasteiger partial charge on any atom is -0.497 e. The first-order valence-electron chi connectivity index (χ1n) is 9.05. The number of ether oxygens (including phenoxy) is 3. The summed E-state index contributed by atoms with van der Waals surface area (Å²) >= 11 is 0. The molecule has 2 aromatic carbocycles. The predicted octanol–water partition coefficient (Wildman–Crippen LogP) is 3.86. The van der Waals surface area contributed by atoms with Crippen LogP contribution in [0, 0.1) is 0 Å². The number of carbonyl (C=O) groups is 2. The van der Waals surface area contributed by atoms with Gasteiger partial charge in [0.25, 0.3) is 0 Å². The number of hydrogen-bond acceptors (Lipinski definition) is 5. The standard InChI is InChI=1S/C21H24N2O5/c1-26-16-10-11-17(19(13-16)27-2)18-5-4-12-23(18)21(25)22-15-8-6-14(7-9-15)20(24)28-3/h6-11,13,18H,4-5,12H2,1-3H3,(H,22,25)/t18-/m0/s1. The molecule has 0 spiro atoms. The highest BCUT2D eigenvalue weighted by atomic mass is 16.5. The first-order valence-corrected chi connectivity index (χ1v) is 9.05. The van der Waals surface area contributed by atoms with Gasteiger partial charge in [0.2, 0.25) is 0 Å². The van der Waals surface area contributed by atoms with Gasteiger partial charge >= 0.3 is 12.0 Å². The van der Waals surface area contributed by atoms with Crippen LogP contribution in [0.1, 0.15) is 34.8 Å². The molecule has 0 saturated carbocycles. The van der Waals surface area contributed by atoms with Crippen molar-refractivity contribution in [2.45, 2.75) is 18.9 Å². The van der Waals surface area contributed by atoms with Crippen LogP contribution in [-0.4, -0.2) is 44.8 Å². The Morgan fingerprint density at radius 1 is 1.04 bits per heavy atom. The van der Waals surface area contributed by atoms with Crippen molar-refractivity contribution < 1.29 is 23.8 Å². The van der Waals surface area contributed by atoms with Gasteiger partial charge < -0.3 is 24.4 Å². The molecule has 0 bridgehead atoms. The van der Waals surface area contributed by atoms with Crippen LogP contribution in [0.3, 0.4) is 0 Å². The van der Waals surface area contributed by atoms with Crippen molar-refractivity contribution in [3.63, 3.8) is 0 Å². The van der Waals surface area contributed by atoms with Crippen molar-refractivity contribution in [2.24, 2.45) is 0 Å². The highest BCUT2D eigenvalue weighted by Crippen LogP contribution is 2.38. The fourth-order valence-corrected chi connectivity index (χ4v) is 3.43. The summed E-state index contributed by atoms with van der Waals surface area (Å²) in [6.07, 6.45) is 1.77. The molecular formula is C21H24N2O5. The average Bonchev–Trinajstić information content (AvgIpc) is 3.23. The van der Waals surface area contributed by atoms with Crippen molar-refractivity contribution in [1.29, 1.82) is 0 Å². The second-order valence-corrected chi connectivity index (χ2v) is 6.46. The van der Waals surface area contributed by atoms with Crippen LogP contribution in [0.2, 0.25) is 0 Å². The maximum Gasteiger partial charge on any atom is 0.337 e. The van der Waals surface area contributed by atoms with E-state index in [9.17, 15) is 9.59 Å². The number of likely N-dealkylation sites (tertiary alicyclic amines) is 1. The number of amides is 2. The normalized spacial score (nSPS) is 15.8. The zero-order valence-electron chi connectivity index (χ0n) is 16.2. The largest absolute Gasteiger partial charge is 0.497 e. The molecule has 2 aromatic rings. The number of rotatable bonds is 5. The first kappa shape index (κ1) is 19.5. The van der Waals surface area contributed by atoms with Gasteiger partial charge in [-0.05, 0) is 49.2 Å². The quantitative estimate of drug-likeness (QED) is 0.792. The van der Waals surface area contributed by atoms with Gasteiger partial charge in [-0.2, -0.15) is 0 Å². The monoisotopic (exact) mass is 384 g/mol. The number of benzene rings is 2. The molecule has 7 nitrogen and oxygen atoms in total. The Kier molecular flexibility index (Phi) is 6.03. The van der Waals surface area contributed by atoms with E-state index in [2.05, 4.69) is 10.1 Å². The van der Waals surface area contributed by atoms with E-state index >= 15 is 0 Å². The molecule has 0 unspecified atom stereocenters. The highest BCUT2D eigenvalue weighted by molar-refractivity contribution is 5.92. The molecule has 1 saturated heterocycles. The van der Waals surface area contributed by atoms with E-state index in [0.717, 1.165) is 18.4 Å². The lowest BCUT2D eigenvalue weighted by Gasteiger charge is -2.26. The van der Waals surface area contributed by atoms with Crippen LogP contribution < -0.4 is 14.8 Å². The Morgan fingerprint density at radius 3 is 2.43 bits per heavy atom. The number of carbonyl (C=O) groups excluding carboxylic acids is 2. The van der Waals surface area contributed by atoms with Gasteiger partial charge in [0.05, 0.1) is 32.9 Å². The van der Waals surface area contributed by atoms with E-state index in [1.807, 2.05) is 18.2 Å². The van der Waals surface area contributed by atoms with Crippen LogP contribution in [0.5, 0.6) is 11.5 Å². The fourth-order valence-electron chi connectivity index (χ4n) is 3.43. The van der Waals surface area contributed by atoms with Crippen LogP contribution in [-0.2, 0) is 4.74 Å². The summed E-state index contributed by atoms with van der Waals surface area (Å²) in [6.45, 7) is 0.659. The van der Waals surface area contributed by atoms with E-state index in [0.29, 0.717) is 29.3 Å². The minimum absolute atomic E-state index is 0.0739. The van der Waals surface area contributed by atoms with Crippen molar-refractivity contribution in [3.05, 3.63) is 53.6 Å². The zero-order valence-corrected chi connectivity index (χ0v) is 16.2. The van der Waals surface area contributed by atoms with Gasteiger partial charge in [-0.3, -0.25) is 0 Å². The molecule has 1 fully saturated rings. The second-order valence-electron chi connectivity index (χ2n) is 6.46. The summed E-state index contributed by atoms with van der Waals surface area (Å²) in [4.78, 5) is 26.2. The van der Waals surface area contributed by atoms with Gasteiger partial charge in [-0.15, -0.1) is 0 Å².